The topological polar surface area (TPSA) is 30.3 Å². The van der Waals surface area contributed by atoms with E-state index in [1.54, 1.807) is 7.11 Å². The first-order chi connectivity index (χ1) is 14.6. The summed E-state index contributed by atoms with van der Waals surface area (Å²) in [5.41, 5.74) is 6.07. The van der Waals surface area contributed by atoms with E-state index in [4.69, 9.17) is 21.3 Å². The maximum Gasteiger partial charge on any atom is 0.161 e. The first kappa shape index (κ1) is 18.5. The van der Waals surface area contributed by atoms with Gasteiger partial charge in [-0.05, 0) is 42.0 Å². The summed E-state index contributed by atoms with van der Waals surface area (Å²) in [6.07, 6.45) is 2.13. The number of para-hydroxylation sites is 2. The molecule has 0 spiro atoms. The van der Waals surface area contributed by atoms with Gasteiger partial charge in [0.25, 0.3) is 0 Å². The number of hydrogen-bond acceptors (Lipinski definition) is 3. The number of hydrogen-bond donors (Lipinski definition) is 0. The van der Waals surface area contributed by atoms with Gasteiger partial charge in [0.1, 0.15) is 5.75 Å². The monoisotopic (exact) mass is 413 g/mol. The molecule has 0 unspecified atom stereocenters. The molecule has 0 radical (unpaired) electrons. The van der Waals surface area contributed by atoms with Gasteiger partial charge in [-0.25, -0.2) is 4.98 Å². The maximum absolute atomic E-state index is 6.08. The van der Waals surface area contributed by atoms with Gasteiger partial charge in [-0.15, -0.1) is 0 Å². The van der Waals surface area contributed by atoms with E-state index < -0.39 is 0 Å². The fourth-order valence-corrected chi connectivity index (χ4v) is 3.93. The van der Waals surface area contributed by atoms with Gasteiger partial charge in [-0.1, -0.05) is 54.6 Å². The van der Waals surface area contributed by atoms with Crippen molar-refractivity contribution >= 4 is 40.2 Å². The fraction of sp³-hybridized carbons (Fsp3) is 0.0800. The summed E-state index contributed by atoms with van der Waals surface area (Å²) in [4.78, 5) is 7.03. The molecular formula is C25H20ClN3O. The van der Waals surface area contributed by atoms with Gasteiger partial charge in [-0.3, -0.25) is 4.57 Å². The highest BCUT2D eigenvalue weighted by atomic mass is 35.5. The minimum absolute atomic E-state index is 0.655. The van der Waals surface area contributed by atoms with Crippen molar-refractivity contribution in [1.82, 2.24) is 14.5 Å². The highest BCUT2D eigenvalue weighted by Gasteiger charge is 2.26. The number of aromatic nitrogens is 2. The van der Waals surface area contributed by atoms with Gasteiger partial charge in [0, 0.05) is 23.3 Å². The molecule has 0 amide bonds. The van der Waals surface area contributed by atoms with Gasteiger partial charge in [0.2, 0.25) is 0 Å². The minimum atomic E-state index is 0.655. The lowest BCUT2D eigenvalue weighted by Crippen LogP contribution is -2.25. The standard InChI is InChI=1S/C25H20ClN3O/c1-17-25-27-22-8-3-4-9-23(22)29(25)16-24(19-6-5-7-21(14-19)30-2)28(17)15-18-10-12-20(26)13-11-18/h3-14,16H,1,15H2,2H3. The van der Waals surface area contributed by atoms with Crippen LogP contribution in [0.1, 0.15) is 17.0 Å². The maximum atomic E-state index is 6.08. The van der Waals surface area contributed by atoms with Crippen LogP contribution in [0, 0.1) is 0 Å². The van der Waals surface area contributed by atoms with E-state index >= 15 is 0 Å². The fourth-order valence-electron chi connectivity index (χ4n) is 3.80. The molecule has 0 bridgehead atoms. The third-order valence-corrected chi connectivity index (χ3v) is 5.59. The Morgan fingerprint density at radius 3 is 2.60 bits per heavy atom. The van der Waals surface area contributed by atoms with Crippen LogP contribution >= 0.6 is 11.6 Å². The van der Waals surface area contributed by atoms with Crippen molar-refractivity contribution in [3.05, 3.63) is 101 Å². The van der Waals surface area contributed by atoms with Crippen molar-refractivity contribution in [2.45, 2.75) is 6.54 Å². The molecule has 1 aliphatic rings. The molecule has 0 N–H and O–H groups in total. The quantitative estimate of drug-likeness (QED) is 0.402. The molecule has 0 atom stereocenters. The average Bonchev–Trinajstić information content (AvgIpc) is 3.16. The molecular weight excluding hydrogens is 394 g/mol. The van der Waals surface area contributed by atoms with Gasteiger partial charge in [-0.2, -0.15) is 0 Å². The molecule has 3 aromatic carbocycles. The van der Waals surface area contributed by atoms with Gasteiger partial charge >= 0.3 is 0 Å². The van der Waals surface area contributed by atoms with Crippen LogP contribution in [0.4, 0.5) is 0 Å². The van der Waals surface area contributed by atoms with E-state index in [9.17, 15) is 0 Å². The zero-order valence-electron chi connectivity index (χ0n) is 16.5. The number of nitrogens with zero attached hydrogens (tertiary/aromatic N) is 3. The number of ether oxygens (including phenoxy) is 1. The van der Waals surface area contributed by atoms with Crippen molar-refractivity contribution in [1.29, 1.82) is 0 Å². The molecule has 0 saturated heterocycles. The second-order valence-corrected chi connectivity index (χ2v) is 7.64. The zero-order chi connectivity index (χ0) is 20.7. The lowest BCUT2D eigenvalue weighted by atomic mass is 10.1. The highest BCUT2D eigenvalue weighted by molar-refractivity contribution is 6.30. The lowest BCUT2D eigenvalue weighted by molar-refractivity contribution is 0.414. The summed E-state index contributed by atoms with van der Waals surface area (Å²) in [6.45, 7) is 5.06. The first-order valence-corrected chi connectivity index (χ1v) is 10.1. The third kappa shape index (κ3) is 3.15. The Balaban J connectivity index is 1.68. The van der Waals surface area contributed by atoms with Gasteiger partial charge in [0.05, 0.1) is 29.5 Å². The molecule has 0 saturated carbocycles. The summed E-state index contributed by atoms with van der Waals surface area (Å²) in [5, 5.41) is 0.724. The lowest BCUT2D eigenvalue weighted by Gasteiger charge is -2.33. The Bertz CT molecular complexity index is 1290. The summed E-state index contributed by atoms with van der Waals surface area (Å²) in [5.74, 6) is 1.66. The van der Waals surface area contributed by atoms with E-state index in [-0.39, 0.29) is 0 Å². The van der Waals surface area contributed by atoms with E-state index in [0.29, 0.717) is 6.54 Å². The summed E-state index contributed by atoms with van der Waals surface area (Å²) >= 11 is 6.08. The van der Waals surface area contributed by atoms with Crippen LogP contribution in [-0.4, -0.2) is 21.6 Å². The summed E-state index contributed by atoms with van der Waals surface area (Å²) in [7, 11) is 1.68. The molecule has 5 heteroatoms. The van der Waals surface area contributed by atoms with Crippen molar-refractivity contribution in [2.24, 2.45) is 0 Å². The predicted molar refractivity (Wildman–Crippen MR) is 123 cm³/mol. The second-order valence-electron chi connectivity index (χ2n) is 7.20. The number of imidazole rings is 1. The van der Waals surface area contributed by atoms with Gasteiger partial charge < -0.3 is 9.64 Å². The third-order valence-electron chi connectivity index (χ3n) is 5.34. The van der Waals surface area contributed by atoms with Crippen LogP contribution in [0.15, 0.2) is 79.4 Å². The Morgan fingerprint density at radius 2 is 1.80 bits per heavy atom. The molecule has 4 aromatic rings. The number of methoxy groups -OCH3 is 1. The first-order valence-electron chi connectivity index (χ1n) is 9.68. The second kappa shape index (κ2) is 7.39. The SMILES string of the molecule is C=C1c2nc3ccccc3n2C=C(c2cccc(OC)c2)N1Cc1ccc(Cl)cc1. The van der Waals surface area contributed by atoms with Crippen LogP contribution in [0.25, 0.3) is 28.6 Å². The van der Waals surface area contributed by atoms with Crippen molar-refractivity contribution in [2.75, 3.05) is 7.11 Å². The Labute approximate surface area is 180 Å². The molecule has 0 aliphatic carbocycles. The number of benzene rings is 3. The smallest absolute Gasteiger partial charge is 0.161 e. The van der Waals surface area contributed by atoms with Crippen molar-refractivity contribution in [3.8, 4) is 5.75 Å². The number of fused-ring (bicyclic) bond motifs is 3. The van der Waals surface area contributed by atoms with Crippen LogP contribution < -0.4 is 4.74 Å². The molecule has 1 aliphatic heterocycles. The number of rotatable bonds is 4. The molecule has 0 fully saturated rings. The molecule has 30 heavy (non-hydrogen) atoms. The minimum Gasteiger partial charge on any atom is -0.497 e. The van der Waals surface area contributed by atoms with Crippen LogP contribution in [-0.2, 0) is 6.54 Å². The normalized spacial score (nSPS) is 13.3. The van der Waals surface area contributed by atoms with E-state index in [1.165, 1.54) is 0 Å². The van der Waals surface area contributed by atoms with Crippen LogP contribution in [0.2, 0.25) is 5.02 Å². The molecule has 148 valence electrons. The average molecular weight is 414 g/mol. The Hall–Kier alpha value is -3.50. The van der Waals surface area contributed by atoms with E-state index in [2.05, 4.69) is 34.4 Å². The van der Waals surface area contributed by atoms with Gasteiger partial charge in [0.15, 0.2) is 5.82 Å². The predicted octanol–water partition coefficient (Wildman–Crippen LogP) is 6.14. The van der Waals surface area contributed by atoms with E-state index in [1.807, 2.05) is 60.7 Å². The van der Waals surface area contributed by atoms with Crippen molar-refractivity contribution in [3.63, 3.8) is 0 Å². The number of halogens is 1. The van der Waals surface area contributed by atoms with Crippen molar-refractivity contribution < 1.29 is 4.74 Å². The Morgan fingerprint density at radius 1 is 1.00 bits per heavy atom. The summed E-state index contributed by atoms with van der Waals surface area (Å²) in [6, 6.07) is 24.1. The zero-order valence-corrected chi connectivity index (χ0v) is 17.3. The van der Waals surface area contributed by atoms with Crippen LogP contribution in [0.3, 0.4) is 0 Å². The van der Waals surface area contributed by atoms with E-state index in [0.717, 1.165) is 50.2 Å². The highest BCUT2D eigenvalue weighted by Crippen LogP contribution is 2.37. The van der Waals surface area contributed by atoms with Crippen LogP contribution in [0.5, 0.6) is 5.75 Å². The summed E-state index contributed by atoms with van der Waals surface area (Å²) < 4.78 is 7.58. The Kier molecular flexibility index (Phi) is 4.57. The molecule has 2 heterocycles. The molecule has 5 rings (SSSR count). The molecule has 1 aromatic heterocycles. The molecule has 4 nitrogen and oxygen atoms in total. The largest absolute Gasteiger partial charge is 0.497 e.